The molecule has 2 atom stereocenters. The molecule has 3 aromatic rings. The molecule has 0 aliphatic heterocycles. The average molecular weight is 605 g/mol. The highest BCUT2D eigenvalue weighted by Gasteiger charge is 2.32. The Morgan fingerprint density at radius 3 is 2.24 bits per heavy atom. The summed E-state index contributed by atoms with van der Waals surface area (Å²) in [4.78, 5) is 28.1. The van der Waals surface area contributed by atoms with E-state index in [0.29, 0.717) is 0 Å². The van der Waals surface area contributed by atoms with E-state index in [-0.39, 0.29) is 29.1 Å². The van der Waals surface area contributed by atoms with Gasteiger partial charge in [-0.05, 0) is 74.4 Å². The number of sulfonamides is 1. The lowest BCUT2D eigenvalue weighted by Gasteiger charge is -2.32. The zero-order chi connectivity index (χ0) is 27.9. The molecule has 0 aromatic heterocycles. The third-order valence-electron chi connectivity index (χ3n) is 6.13. The number of nitrogens with one attached hydrogen (secondary N) is 1. The standard InChI is InChI=1S/C28H31BrFN3O4S/c1-4-20(2)31-28(35)21(3)32(18-22-9-8-10-23(29)17-22)27(34)19-33(25-11-6-5-7-12-25)38(36,37)26-15-13-24(30)14-16-26/h5-17,20-21H,4,18-19H2,1-3H3,(H,31,35)/t20-,21+/m1/s1. The van der Waals surface area contributed by atoms with E-state index >= 15 is 0 Å². The van der Waals surface area contributed by atoms with Crippen molar-refractivity contribution in [2.75, 3.05) is 10.8 Å². The second-order valence-corrected chi connectivity index (χ2v) is 11.7. The third-order valence-corrected chi connectivity index (χ3v) is 8.42. The van der Waals surface area contributed by atoms with Gasteiger partial charge in [-0.15, -0.1) is 0 Å². The summed E-state index contributed by atoms with van der Waals surface area (Å²) < 4.78 is 42.6. The Morgan fingerprint density at radius 2 is 1.63 bits per heavy atom. The molecule has 0 saturated carbocycles. The summed E-state index contributed by atoms with van der Waals surface area (Å²) in [6.45, 7) is 4.97. The number of carbonyl (C=O) groups is 2. The molecule has 3 rings (SSSR count). The molecule has 202 valence electrons. The predicted molar refractivity (Wildman–Crippen MR) is 149 cm³/mol. The van der Waals surface area contributed by atoms with Gasteiger partial charge < -0.3 is 10.2 Å². The van der Waals surface area contributed by atoms with E-state index in [2.05, 4.69) is 21.2 Å². The van der Waals surface area contributed by atoms with Crippen LogP contribution in [-0.2, 0) is 26.2 Å². The molecule has 10 heteroatoms. The molecule has 7 nitrogen and oxygen atoms in total. The zero-order valence-corrected chi connectivity index (χ0v) is 23.9. The molecule has 0 spiro atoms. The van der Waals surface area contributed by atoms with Crippen molar-refractivity contribution in [2.24, 2.45) is 0 Å². The number of amides is 2. The van der Waals surface area contributed by atoms with Crippen LogP contribution in [0.25, 0.3) is 0 Å². The monoisotopic (exact) mass is 603 g/mol. The number of nitrogens with zero attached hydrogens (tertiary/aromatic N) is 2. The van der Waals surface area contributed by atoms with Crippen molar-refractivity contribution >= 4 is 43.5 Å². The van der Waals surface area contributed by atoms with Crippen LogP contribution in [0.3, 0.4) is 0 Å². The molecule has 0 fully saturated rings. The number of carbonyl (C=O) groups excluding carboxylic acids is 2. The molecule has 0 aliphatic carbocycles. The number of anilines is 1. The van der Waals surface area contributed by atoms with Crippen LogP contribution in [-0.4, -0.2) is 43.8 Å². The van der Waals surface area contributed by atoms with Crippen LogP contribution in [0.15, 0.2) is 88.2 Å². The first kappa shape index (κ1) is 29.3. The van der Waals surface area contributed by atoms with E-state index in [0.717, 1.165) is 45.0 Å². The molecule has 38 heavy (non-hydrogen) atoms. The Bertz CT molecular complexity index is 1350. The third kappa shape index (κ3) is 7.41. The summed E-state index contributed by atoms with van der Waals surface area (Å²) in [5.74, 6) is -1.48. The van der Waals surface area contributed by atoms with Crippen LogP contribution in [0.2, 0.25) is 0 Å². The molecule has 0 heterocycles. The number of benzene rings is 3. The molecule has 1 N–H and O–H groups in total. The van der Waals surface area contributed by atoms with Gasteiger partial charge in [0, 0.05) is 17.1 Å². The Morgan fingerprint density at radius 1 is 0.974 bits per heavy atom. The number of halogens is 2. The maximum atomic E-state index is 13.8. The van der Waals surface area contributed by atoms with Gasteiger partial charge in [0.2, 0.25) is 11.8 Å². The number of hydrogen-bond donors (Lipinski definition) is 1. The topological polar surface area (TPSA) is 86.8 Å². The summed E-state index contributed by atoms with van der Waals surface area (Å²) in [6, 6.07) is 19.0. The van der Waals surface area contributed by atoms with Crippen molar-refractivity contribution < 1.29 is 22.4 Å². The molecule has 3 aromatic carbocycles. The van der Waals surface area contributed by atoms with Gasteiger partial charge >= 0.3 is 0 Å². The number of para-hydroxylation sites is 1. The highest BCUT2D eigenvalue weighted by molar-refractivity contribution is 9.10. The quantitative estimate of drug-likeness (QED) is 0.330. The molecular weight excluding hydrogens is 573 g/mol. The number of rotatable bonds is 11. The van der Waals surface area contributed by atoms with E-state index in [1.54, 1.807) is 37.3 Å². The maximum Gasteiger partial charge on any atom is 0.264 e. The van der Waals surface area contributed by atoms with Gasteiger partial charge in [0.1, 0.15) is 18.4 Å². The fourth-order valence-corrected chi connectivity index (χ4v) is 5.60. The molecule has 0 bridgehead atoms. The second kappa shape index (κ2) is 13.0. The Labute approximate surface area is 231 Å². The van der Waals surface area contributed by atoms with Crippen LogP contribution >= 0.6 is 15.9 Å². The van der Waals surface area contributed by atoms with Crippen LogP contribution in [0.1, 0.15) is 32.8 Å². The second-order valence-electron chi connectivity index (χ2n) is 8.95. The van der Waals surface area contributed by atoms with Gasteiger partial charge in [-0.25, -0.2) is 12.8 Å². The Kier molecular flexibility index (Phi) is 10.0. The minimum absolute atomic E-state index is 0.0899. The van der Waals surface area contributed by atoms with E-state index in [1.807, 2.05) is 38.1 Å². The van der Waals surface area contributed by atoms with Crippen molar-refractivity contribution in [3.63, 3.8) is 0 Å². The predicted octanol–water partition coefficient (Wildman–Crippen LogP) is 5.12. The maximum absolute atomic E-state index is 13.8. The van der Waals surface area contributed by atoms with E-state index in [4.69, 9.17) is 0 Å². The average Bonchev–Trinajstić information content (AvgIpc) is 2.90. The summed E-state index contributed by atoms with van der Waals surface area (Å²) in [5.41, 5.74) is 1.04. The normalized spacial score (nSPS) is 12.9. The largest absolute Gasteiger partial charge is 0.352 e. The van der Waals surface area contributed by atoms with Gasteiger partial charge in [0.15, 0.2) is 0 Å². The van der Waals surface area contributed by atoms with Gasteiger partial charge in [0.25, 0.3) is 10.0 Å². The summed E-state index contributed by atoms with van der Waals surface area (Å²) >= 11 is 3.43. The highest BCUT2D eigenvalue weighted by atomic mass is 79.9. The van der Waals surface area contributed by atoms with Crippen molar-refractivity contribution in [3.8, 4) is 0 Å². The lowest BCUT2D eigenvalue weighted by atomic mass is 10.1. The molecule has 0 unspecified atom stereocenters. The minimum Gasteiger partial charge on any atom is -0.352 e. The van der Waals surface area contributed by atoms with E-state index in [9.17, 15) is 22.4 Å². The van der Waals surface area contributed by atoms with E-state index < -0.39 is 34.3 Å². The van der Waals surface area contributed by atoms with Crippen LogP contribution in [0, 0.1) is 5.82 Å². The van der Waals surface area contributed by atoms with Crippen molar-refractivity contribution in [1.82, 2.24) is 10.2 Å². The Hall–Kier alpha value is -3.24. The van der Waals surface area contributed by atoms with Crippen LogP contribution < -0.4 is 9.62 Å². The van der Waals surface area contributed by atoms with E-state index in [1.165, 1.54) is 4.90 Å². The summed E-state index contributed by atoms with van der Waals surface area (Å²) in [6.07, 6.45) is 0.718. The van der Waals surface area contributed by atoms with Gasteiger partial charge in [0.05, 0.1) is 10.6 Å². The lowest BCUT2D eigenvalue weighted by molar-refractivity contribution is -0.139. The minimum atomic E-state index is -4.24. The SMILES string of the molecule is CC[C@@H](C)NC(=O)[C@H](C)N(Cc1cccc(Br)c1)C(=O)CN(c1ccccc1)S(=O)(=O)c1ccc(F)cc1. The van der Waals surface area contributed by atoms with Gasteiger partial charge in [-0.1, -0.05) is 53.2 Å². The molecule has 2 amide bonds. The summed E-state index contributed by atoms with van der Waals surface area (Å²) in [5, 5.41) is 2.90. The van der Waals surface area contributed by atoms with Crippen LogP contribution in [0.5, 0.6) is 0 Å². The first-order chi connectivity index (χ1) is 18.0. The molecule has 0 saturated heterocycles. The van der Waals surface area contributed by atoms with Crippen molar-refractivity contribution in [3.05, 3.63) is 94.7 Å². The summed E-state index contributed by atoms with van der Waals surface area (Å²) in [7, 11) is -4.24. The molecule has 0 aliphatic rings. The fraction of sp³-hybridized carbons (Fsp3) is 0.286. The molecular formula is C28H31BrFN3O4S. The fourth-order valence-electron chi connectivity index (χ4n) is 3.74. The molecule has 0 radical (unpaired) electrons. The lowest BCUT2D eigenvalue weighted by Crippen LogP contribution is -2.52. The van der Waals surface area contributed by atoms with Crippen molar-refractivity contribution in [2.45, 2.75) is 50.7 Å². The smallest absolute Gasteiger partial charge is 0.264 e. The van der Waals surface area contributed by atoms with Gasteiger partial charge in [-0.2, -0.15) is 0 Å². The number of hydrogen-bond acceptors (Lipinski definition) is 4. The van der Waals surface area contributed by atoms with Gasteiger partial charge in [-0.3, -0.25) is 13.9 Å². The first-order valence-corrected chi connectivity index (χ1v) is 14.4. The highest BCUT2D eigenvalue weighted by Crippen LogP contribution is 2.25. The van der Waals surface area contributed by atoms with Crippen molar-refractivity contribution in [1.29, 1.82) is 0 Å². The Balaban J connectivity index is 2.00. The first-order valence-electron chi connectivity index (χ1n) is 12.2. The van der Waals surface area contributed by atoms with Crippen LogP contribution in [0.4, 0.5) is 10.1 Å². The zero-order valence-electron chi connectivity index (χ0n) is 21.5.